The molecule has 1 heterocycles. The van der Waals surface area contributed by atoms with Gasteiger partial charge in [-0.05, 0) is 36.6 Å². The summed E-state index contributed by atoms with van der Waals surface area (Å²) < 4.78 is 15.1. The molecule has 0 amide bonds. The average molecular weight is 303 g/mol. The normalized spacial score (nSPS) is 11.5. The molecule has 0 unspecified atom stereocenters. The van der Waals surface area contributed by atoms with E-state index in [9.17, 15) is 4.39 Å². The van der Waals surface area contributed by atoms with Crippen LogP contribution in [-0.4, -0.2) is 29.3 Å². The lowest BCUT2D eigenvalue weighted by atomic mass is 10.1. The number of hydrogen-bond donors (Lipinski definition) is 2. The monoisotopic (exact) mass is 303 g/mol. The molecule has 5 nitrogen and oxygen atoms in total. The zero-order valence-electron chi connectivity index (χ0n) is 13.2. The lowest BCUT2D eigenvalue weighted by molar-refractivity contribution is 0.597. The van der Waals surface area contributed by atoms with Crippen molar-refractivity contribution in [1.82, 2.24) is 20.4 Å². The first-order valence-electron chi connectivity index (χ1n) is 7.27. The molecular weight excluding hydrogens is 281 g/mol. The van der Waals surface area contributed by atoms with Gasteiger partial charge in [0, 0.05) is 26.3 Å². The van der Waals surface area contributed by atoms with Crippen molar-refractivity contribution in [2.45, 2.75) is 26.9 Å². The fourth-order valence-corrected chi connectivity index (χ4v) is 2.10. The predicted molar refractivity (Wildman–Crippen MR) is 86.3 cm³/mol. The summed E-state index contributed by atoms with van der Waals surface area (Å²) in [5.41, 5.74) is 2.81. The van der Waals surface area contributed by atoms with E-state index < -0.39 is 0 Å². The summed E-state index contributed by atoms with van der Waals surface area (Å²) >= 11 is 0. The molecule has 0 radical (unpaired) electrons. The van der Waals surface area contributed by atoms with Crippen molar-refractivity contribution in [1.29, 1.82) is 0 Å². The molecule has 0 aliphatic carbocycles. The highest BCUT2D eigenvalue weighted by Gasteiger charge is 2.01. The van der Waals surface area contributed by atoms with Crippen molar-refractivity contribution in [3.8, 4) is 0 Å². The SMILES string of the molecule is CN=C(NCCn1cc(C)cn1)NCc1ccc(F)c(C)c1. The quantitative estimate of drug-likeness (QED) is 0.656. The minimum absolute atomic E-state index is 0.180. The molecule has 0 fully saturated rings. The first-order valence-corrected chi connectivity index (χ1v) is 7.27. The molecule has 0 saturated carbocycles. The molecule has 0 saturated heterocycles. The van der Waals surface area contributed by atoms with Crippen LogP contribution in [0.2, 0.25) is 0 Å². The zero-order chi connectivity index (χ0) is 15.9. The Morgan fingerprint density at radius 1 is 1.32 bits per heavy atom. The minimum Gasteiger partial charge on any atom is -0.355 e. The number of aryl methyl sites for hydroxylation is 2. The number of hydrogen-bond acceptors (Lipinski definition) is 2. The fraction of sp³-hybridized carbons (Fsp3) is 0.375. The number of rotatable bonds is 5. The van der Waals surface area contributed by atoms with Gasteiger partial charge >= 0.3 is 0 Å². The molecule has 2 N–H and O–H groups in total. The smallest absolute Gasteiger partial charge is 0.191 e. The Hall–Kier alpha value is -2.37. The average Bonchev–Trinajstić information content (AvgIpc) is 2.91. The van der Waals surface area contributed by atoms with Crippen molar-refractivity contribution < 1.29 is 4.39 Å². The van der Waals surface area contributed by atoms with Crippen LogP contribution in [0.15, 0.2) is 35.6 Å². The van der Waals surface area contributed by atoms with Crippen molar-refractivity contribution in [2.24, 2.45) is 4.99 Å². The molecule has 0 aliphatic heterocycles. The molecule has 1 aromatic carbocycles. The first-order chi connectivity index (χ1) is 10.6. The number of aliphatic imine (C=N–C) groups is 1. The summed E-state index contributed by atoms with van der Waals surface area (Å²) in [5, 5.41) is 10.7. The molecule has 6 heteroatoms. The number of nitrogens with zero attached hydrogens (tertiary/aromatic N) is 3. The van der Waals surface area contributed by atoms with Gasteiger partial charge in [0.25, 0.3) is 0 Å². The standard InChI is InChI=1S/C16H22FN5/c1-12-9-21-22(11-12)7-6-19-16(18-3)20-10-14-4-5-15(17)13(2)8-14/h4-5,8-9,11H,6-7,10H2,1-3H3,(H2,18,19,20). The van der Waals surface area contributed by atoms with Gasteiger partial charge in [-0.2, -0.15) is 5.10 Å². The predicted octanol–water partition coefficient (Wildman–Crippen LogP) is 2.00. The second-order valence-corrected chi connectivity index (χ2v) is 5.22. The Morgan fingerprint density at radius 2 is 2.14 bits per heavy atom. The van der Waals surface area contributed by atoms with Gasteiger partial charge in [0.05, 0.1) is 12.7 Å². The van der Waals surface area contributed by atoms with Crippen LogP contribution in [-0.2, 0) is 13.1 Å². The summed E-state index contributed by atoms with van der Waals surface area (Å²) in [6.07, 6.45) is 3.84. The van der Waals surface area contributed by atoms with Gasteiger partial charge < -0.3 is 10.6 Å². The van der Waals surface area contributed by atoms with E-state index in [1.807, 2.05) is 30.1 Å². The zero-order valence-corrected chi connectivity index (χ0v) is 13.2. The van der Waals surface area contributed by atoms with E-state index in [-0.39, 0.29) is 5.82 Å². The maximum absolute atomic E-state index is 13.2. The topological polar surface area (TPSA) is 54.2 Å². The Kier molecular flexibility index (Phi) is 5.52. The van der Waals surface area contributed by atoms with Crippen molar-refractivity contribution in [3.05, 3.63) is 53.1 Å². The number of nitrogens with one attached hydrogen (secondary N) is 2. The second-order valence-electron chi connectivity index (χ2n) is 5.22. The molecule has 118 valence electrons. The van der Waals surface area contributed by atoms with Crippen molar-refractivity contribution >= 4 is 5.96 Å². The van der Waals surface area contributed by atoms with E-state index in [0.29, 0.717) is 18.1 Å². The molecular formula is C16H22FN5. The summed E-state index contributed by atoms with van der Waals surface area (Å²) in [6.45, 7) is 5.87. The van der Waals surface area contributed by atoms with E-state index in [2.05, 4.69) is 20.7 Å². The summed E-state index contributed by atoms with van der Waals surface area (Å²) in [6, 6.07) is 5.10. The third-order valence-corrected chi connectivity index (χ3v) is 3.30. The lowest BCUT2D eigenvalue weighted by Crippen LogP contribution is -2.38. The van der Waals surface area contributed by atoms with Crippen molar-refractivity contribution in [3.63, 3.8) is 0 Å². The number of aromatic nitrogens is 2. The Bertz CT molecular complexity index is 648. The Balaban J connectivity index is 1.78. The van der Waals surface area contributed by atoms with Gasteiger partial charge in [-0.3, -0.25) is 9.67 Å². The van der Waals surface area contributed by atoms with Gasteiger partial charge in [-0.25, -0.2) is 4.39 Å². The van der Waals surface area contributed by atoms with Crippen LogP contribution in [0.5, 0.6) is 0 Å². The van der Waals surface area contributed by atoms with Crippen LogP contribution in [0.4, 0.5) is 4.39 Å². The molecule has 0 spiro atoms. The third kappa shape index (κ3) is 4.58. The minimum atomic E-state index is -0.180. The summed E-state index contributed by atoms with van der Waals surface area (Å²) in [5.74, 6) is 0.534. The fourth-order valence-electron chi connectivity index (χ4n) is 2.10. The van der Waals surface area contributed by atoms with E-state index in [1.165, 1.54) is 6.07 Å². The van der Waals surface area contributed by atoms with Crippen LogP contribution < -0.4 is 10.6 Å². The van der Waals surface area contributed by atoms with E-state index in [4.69, 9.17) is 0 Å². The van der Waals surface area contributed by atoms with E-state index in [1.54, 1.807) is 20.0 Å². The van der Waals surface area contributed by atoms with Gasteiger partial charge in [-0.1, -0.05) is 12.1 Å². The number of guanidine groups is 1. The van der Waals surface area contributed by atoms with Gasteiger partial charge in [0.1, 0.15) is 5.82 Å². The highest BCUT2D eigenvalue weighted by atomic mass is 19.1. The van der Waals surface area contributed by atoms with E-state index >= 15 is 0 Å². The van der Waals surface area contributed by atoms with Crippen molar-refractivity contribution in [2.75, 3.05) is 13.6 Å². The van der Waals surface area contributed by atoms with Crippen LogP contribution in [0, 0.1) is 19.7 Å². The van der Waals surface area contributed by atoms with Gasteiger partial charge in [0.15, 0.2) is 5.96 Å². The lowest BCUT2D eigenvalue weighted by Gasteiger charge is -2.12. The summed E-state index contributed by atoms with van der Waals surface area (Å²) in [7, 11) is 1.73. The van der Waals surface area contributed by atoms with Crippen LogP contribution in [0.25, 0.3) is 0 Å². The van der Waals surface area contributed by atoms with E-state index in [0.717, 1.165) is 24.2 Å². The molecule has 2 rings (SSSR count). The highest BCUT2D eigenvalue weighted by Crippen LogP contribution is 2.08. The maximum atomic E-state index is 13.2. The molecule has 0 atom stereocenters. The largest absolute Gasteiger partial charge is 0.355 e. The van der Waals surface area contributed by atoms with Gasteiger partial charge in [0.2, 0.25) is 0 Å². The third-order valence-electron chi connectivity index (χ3n) is 3.30. The Labute approximate surface area is 130 Å². The molecule has 1 aromatic heterocycles. The number of halogens is 1. The maximum Gasteiger partial charge on any atom is 0.191 e. The summed E-state index contributed by atoms with van der Waals surface area (Å²) in [4.78, 5) is 4.17. The second kappa shape index (κ2) is 7.59. The van der Waals surface area contributed by atoms with Gasteiger partial charge in [-0.15, -0.1) is 0 Å². The molecule has 2 aromatic rings. The van der Waals surface area contributed by atoms with Crippen LogP contribution in [0.3, 0.4) is 0 Å². The Morgan fingerprint density at radius 3 is 2.77 bits per heavy atom. The van der Waals surface area contributed by atoms with Crippen LogP contribution in [0.1, 0.15) is 16.7 Å². The van der Waals surface area contributed by atoms with Crippen LogP contribution >= 0.6 is 0 Å². The molecule has 0 bridgehead atoms. The number of benzene rings is 1. The highest BCUT2D eigenvalue weighted by molar-refractivity contribution is 5.79. The first kappa shape index (κ1) is 16.0. The molecule has 22 heavy (non-hydrogen) atoms. The molecule has 0 aliphatic rings.